The molecule has 0 unspecified atom stereocenters. The number of carbonyl (C=O) groups is 2. The van der Waals surface area contributed by atoms with Crippen LogP contribution < -0.4 is 80.5 Å². The SMILES string of the molecule is CCCCCC(C(=O)[O-])(C(=O)[O-])c1ccccc1.[K+].[Li+]. The zero-order chi connectivity index (χ0) is 13.6. The van der Waals surface area contributed by atoms with Gasteiger partial charge in [-0.25, -0.2) is 0 Å². The molecule has 0 saturated carbocycles. The maximum absolute atomic E-state index is 11.3. The molecule has 0 aliphatic heterocycles. The molecule has 0 fully saturated rings. The van der Waals surface area contributed by atoms with Crippen molar-refractivity contribution in [2.24, 2.45) is 0 Å². The molecule has 0 atom stereocenters. The number of hydrogen-bond donors (Lipinski definition) is 0. The molecule has 0 aliphatic rings. The largest absolute Gasteiger partial charge is 1.00 e. The third-order valence-electron chi connectivity index (χ3n) is 3.12. The molecule has 20 heavy (non-hydrogen) atoms. The van der Waals surface area contributed by atoms with E-state index >= 15 is 0 Å². The summed E-state index contributed by atoms with van der Waals surface area (Å²) in [4.78, 5) is 22.7. The van der Waals surface area contributed by atoms with E-state index in [1.54, 1.807) is 18.2 Å². The molecule has 0 heterocycles. The summed E-state index contributed by atoms with van der Waals surface area (Å²) in [6.07, 6.45) is 2.16. The third kappa shape index (κ3) is 5.30. The molecule has 1 aromatic rings. The van der Waals surface area contributed by atoms with Crippen LogP contribution in [0, 0.1) is 0 Å². The average Bonchev–Trinajstić information content (AvgIpc) is 2.35. The zero-order valence-corrected chi connectivity index (χ0v) is 15.5. The molecule has 0 aliphatic carbocycles. The van der Waals surface area contributed by atoms with Gasteiger partial charge in [0.05, 0.1) is 17.4 Å². The summed E-state index contributed by atoms with van der Waals surface area (Å²) in [5.74, 6) is -3.21. The van der Waals surface area contributed by atoms with Gasteiger partial charge >= 0.3 is 70.2 Å². The van der Waals surface area contributed by atoms with E-state index in [0.717, 1.165) is 12.8 Å². The second kappa shape index (κ2) is 11.0. The number of benzene rings is 1. The number of carboxylic acid groups (broad SMARTS) is 2. The van der Waals surface area contributed by atoms with Crippen LogP contribution in [0.3, 0.4) is 0 Å². The predicted molar refractivity (Wildman–Crippen MR) is 62.3 cm³/mol. The molecule has 4 nitrogen and oxygen atoms in total. The Morgan fingerprint density at radius 3 is 1.95 bits per heavy atom. The fourth-order valence-corrected chi connectivity index (χ4v) is 2.03. The first-order valence-electron chi connectivity index (χ1n) is 6.04. The van der Waals surface area contributed by atoms with Crippen LogP contribution in [0.4, 0.5) is 0 Å². The van der Waals surface area contributed by atoms with E-state index in [-0.39, 0.29) is 82.2 Å². The molecule has 0 radical (unpaired) electrons. The van der Waals surface area contributed by atoms with Crippen LogP contribution in [0.5, 0.6) is 0 Å². The van der Waals surface area contributed by atoms with Gasteiger partial charge in [-0.2, -0.15) is 0 Å². The summed E-state index contributed by atoms with van der Waals surface area (Å²) in [6.45, 7) is 1.96. The first-order chi connectivity index (χ1) is 8.55. The molecule has 6 heteroatoms. The van der Waals surface area contributed by atoms with Gasteiger partial charge in [-0.05, 0) is 12.0 Å². The first-order valence-corrected chi connectivity index (χ1v) is 6.04. The smallest absolute Gasteiger partial charge is 0.549 e. The Bertz CT molecular complexity index is 408. The monoisotopic (exact) mass is 294 g/mol. The number of unbranched alkanes of at least 4 members (excludes halogenated alkanes) is 2. The van der Waals surface area contributed by atoms with Crippen LogP contribution in [0.15, 0.2) is 30.3 Å². The quantitative estimate of drug-likeness (QED) is 0.285. The Morgan fingerprint density at radius 2 is 1.55 bits per heavy atom. The normalized spacial score (nSPS) is 10.1. The molecule has 0 saturated heterocycles. The van der Waals surface area contributed by atoms with Crippen molar-refractivity contribution in [3.8, 4) is 0 Å². The standard InChI is InChI=1S/C14H18O4.K.Li/c1-2-3-7-10-14(12(15)16,13(17)18)11-8-5-4-6-9-11;;/h4-6,8-9H,2-3,7,10H2,1H3,(H,15,16)(H,17,18);;/q;2*+1/p-2. The van der Waals surface area contributed by atoms with Gasteiger partial charge in [0, 0.05) is 0 Å². The van der Waals surface area contributed by atoms with E-state index < -0.39 is 17.4 Å². The van der Waals surface area contributed by atoms with Gasteiger partial charge in [-0.15, -0.1) is 0 Å². The van der Waals surface area contributed by atoms with E-state index in [9.17, 15) is 19.8 Å². The maximum atomic E-state index is 11.3. The summed E-state index contributed by atoms with van der Waals surface area (Å²) in [5, 5.41) is 22.7. The molecule has 98 valence electrons. The Balaban J connectivity index is 0. The summed E-state index contributed by atoms with van der Waals surface area (Å²) >= 11 is 0. The van der Waals surface area contributed by atoms with E-state index in [2.05, 4.69) is 0 Å². The molecule has 0 N–H and O–H groups in total. The summed E-state index contributed by atoms with van der Waals surface area (Å²) in [6, 6.07) is 7.88. The maximum Gasteiger partial charge on any atom is 1.00 e. The van der Waals surface area contributed by atoms with Gasteiger partial charge in [-0.3, -0.25) is 0 Å². The van der Waals surface area contributed by atoms with Gasteiger partial charge in [0.2, 0.25) is 0 Å². The number of carboxylic acids is 2. The predicted octanol–water partition coefficient (Wildman–Crippen LogP) is -5.99. The fraction of sp³-hybridized carbons (Fsp3) is 0.429. The Labute approximate surface area is 173 Å². The molecule has 1 aromatic carbocycles. The van der Waals surface area contributed by atoms with Crippen molar-refractivity contribution in [2.45, 2.75) is 38.0 Å². The van der Waals surface area contributed by atoms with Crippen molar-refractivity contribution in [1.29, 1.82) is 0 Å². The van der Waals surface area contributed by atoms with Crippen molar-refractivity contribution in [2.75, 3.05) is 0 Å². The number of hydrogen-bond acceptors (Lipinski definition) is 4. The van der Waals surface area contributed by atoms with E-state index in [1.165, 1.54) is 12.1 Å². The van der Waals surface area contributed by atoms with E-state index in [1.807, 2.05) is 6.92 Å². The second-order valence-electron chi connectivity index (χ2n) is 4.30. The minimum absolute atomic E-state index is 0. The van der Waals surface area contributed by atoms with Gasteiger partial charge in [0.25, 0.3) is 0 Å². The van der Waals surface area contributed by atoms with Crippen LogP contribution in [0.2, 0.25) is 0 Å². The Kier molecular flexibility index (Phi) is 12.5. The molecule has 0 aromatic heterocycles. The van der Waals surface area contributed by atoms with Crippen LogP contribution in [0.1, 0.15) is 38.2 Å². The molecule has 0 bridgehead atoms. The number of rotatable bonds is 7. The van der Waals surface area contributed by atoms with Crippen molar-refractivity contribution >= 4 is 11.9 Å². The molecule has 0 spiro atoms. The number of carbonyl (C=O) groups excluding carboxylic acids is 2. The van der Waals surface area contributed by atoms with Gasteiger partial charge in [-0.1, -0.05) is 56.5 Å². The van der Waals surface area contributed by atoms with Gasteiger partial charge in [0.15, 0.2) is 0 Å². The second-order valence-corrected chi connectivity index (χ2v) is 4.30. The third-order valence-corrected chi connectivity index (χ3v) is 3.12. The minimum atomic E-state index is -2.05. The Morgan fingerprint density at radius 1 is 1.05 bits per heavy atom. The summed E-state index contributed by atoms with van der Waals surface area (Å²) < 4.78 is 0. The average molecular weight is 294 g/mol. The van der Waals surface area contributed by atoms with Crippen molar-refractivity contribution in [1.82, 2.24) is 0 Å². The zero-order valence-electron chi connectivity index (χ0n) is 12.3. The minimum Gasteiger partial charge on any atom is -0.549 e. The molecular weight excluding hydrogens is 278 g/mol. The van der Waals surface area contributed by atoms with Crippen LogP contribution >= 0.6 is 0 Å². The fourth-order valence-electron chi connectivity index (χ4n) is 2.03. The topological polar surface area (TPSA) is 80.3 Å². The van der Waals surface area contributed by atoms with Gasteiger partial charge < -0.3 is 19.8 Å². The molecule has 0 amide bonds. The van der Waals surface area contributed by atoms with Crippen LogP contribution in [0.25, 0.3) is 0 Å². The first kappa shape index (κ1) is 22.7. The van der Waals surface area contributed by atoms with Crippen LogP contribution in [-0.2, 0) is 15.0 Å². The van der Waals surface area contributed by atoms with E-state index in [0.29, 0.717) is 6.42 Å². The number of aliphatic carboxylic acids is 2. The van der Waals surface area contributed by atoms with Crippen LogP contribution in [-0.4, -0.2) is 11.9 Å². The molecule has 1 rings (SSSR count). The summed E-state index contributed by atoms with van der Waals surface area (Å²) in [7, 11) is 0. The Hall–Kier alpha value is 0.394. The van der Waals surface area contributed by atoms with Crippen molar-refractivity contribution in [3.63, 3.8) is 0 Å². The summed E-state index contributed by atoms with van der Waals surface area (Å²) in [5.41, 5.74) is -1.84. The van der Waals surface area contributed by atoms with Crippen molar-refractivity contribution in [3.05, 3.63) is 35.9 Å². The van der Waals surface area contributed by atoms with Gasteiger partial charge in [0.1, 0.15) is 0 Å². The molecular formula is C14H16KLiO4. The van der Waals surface area contributed by atoms with Crippen molar-refractivity contribution < 1.29 is 90.0 Å². The van der Waals surface area contributed by atoms with E-state index in [4.69, 9.17) is 0 Å².